The van der Waals surface area contributed by atoms with Crippen LogP contribution in [0.25, 0.3) is 11.0 Å². The van der Waals surface area contributed by atoms with Crippen LogP contribution in [0.1, 0.15) is 0 Å². The van der Waals surface area contributed by atoms with Gasteiger partial charge in [-0.2, -0.15) is 0 Å². The standard InChI is InChI=1S/C9H8FN3/c10-8-4-13(8)7-3-1-2-6-9(7)12-5-11-6/h1-3,5,8H,4H2,(H,11,12). The Morgan fingerprint density at radius 3 is 3.15 bits per heavy atom. The number of imidazole rings is 1. The lowest BCUT2D eigenvalue weighted by atomic mass is 10.2. The van der Waals surface area contributed by atoms with Crippen molar-refractivity contribution in [3.63, 3.8) is 0 Å². The van der Waals surface area contributed by atoms with E-state index in [0.29, 0.717) is 6.54 Å². The highest BCUT2D eigenvalue weighted by molar-refractivity contribution is 5.89. The van der Waals surface area contributed by atoms with Crippen molar-refractivity contribution in [3.8, 4) is 0 Å². The van der Waals surface area contributed by atoms with E-state index in [0.717, 1.165) is 16.7 Å². The number of aromatic amines is 1. The molecule has 2 aromatic rings. The lowest BCUT2D eigenvalue weighted by Gasteiger charge is -2.02. The molecule has 1 aliphatic rings. The minimum absolute atomic E-state index is 0.492. The summed E-state index contributed by atoms with van der Waals surface area (Å²) in [6.07, 6.45) is 0.813. The Labute approximate surface area is 74.2 Å². The van der Waals surface area contributed by atoms with Gasteiger partial charge in [-0.15, -0.1) is 0 Å². The van der Waals surface area contributed by atoms with Gasteiger partial charge in [0, 0.05) is 0 Å². The third-order valence-electron chi connectivity index (χ3n) is 2.29. The molecule has 1 aromatic carbocycles. The number of alkyl halides is 1. The Morgan fingerprint density at radius 1 is 1.54 bits per heavy atom. The van der Waals surface area contributed by atoms with Crippen molar-refractivity contribution in [2.75, 3.05) is 11.4 Å². The highest BCUT2D eigenvalue weighted by atomic mass is 19.1. The molecule has 0 spiro atoms. The van der Waals surface area contributed by atoms with Crippen LogP contribution < -0.4 is 4.90 Å². The summed E-state index contributed by atoms with van der Waals surface area (Å²) in [5.41, 5.74) is 2.69. The van der Waals surface area contributed by atoms with Gasteiger partial charge in [-0.1, -0.05) is 6.07 Å². The fourth-order valence-electron chi connectivity index (χ4n) is 1.55. The lowest BCUT2D eigenvalue weighted by molar-refractivity contribution is 0.486. The van der Waals surface area contributed by atoms with Gasteiger partial charge in [-0.05, 0) is 12.1 Å². The Kier molecular flexibility index (Phi) is 1.17. The number of hydrogen-bond acceptors (Lipinski definition) is 2. The smallest absolute Gasteiger partial charge is 0.190 e. The molecule has 0 radical (unpaired) electrons. The minimum atomic E-state index is -0.817. The molecule has 1 N–H and O–H groups in total. The number of fused-ring (bicyclic) bond motifs is 1. The first-order valence-electron chi connectivity index (χ1n) is 4.19. The van der Waals surface area contributed by atoms with Gasteiger partial charge >= 0.3 is 0 Å². The molecule has 3 rings (SSSR count). The second-order valence-corrected chi connectivity index (χ2v) is 3.16. The molecular weight excluding hydrogens is 169 g/mol. The monoisotopic (exact) mass is 177 g/mol. The van der Waals surface area contributed by atoms with Gasteiger partial charge < -0.3 is 9.88 Å². The van der Waals surface area contributed by atoms with Crippen molar-refractivity contribution in [1.29, 1.82) is 0 Å². The molecule has 1 saturated heterocycles. The van der Waals surface area contributed by atoms with Crippen molar-refractivity contribution in [2.45, 2.75) is 6.30 Å². The van der Waals surface area contributed by atoms with Crippen molar-refractivity contribution in [1.82, 2.24) is 9.97 Å². The number of para-hydroxylation sites is 1. The maximum Gasteiger partial charge on any atom is 0.190 e. The van der Waals surface area contributed by atoms with Gasteiger partial charge in [0.2, 0.25) is 0 Å². The van der Waals surface area contributed by atoms with E-state index in [-0.39, 0.29) is 0 Å². The van der Waals surface area contributed by atoms with Crippen molar-refractivity contribution in [3.05, 3.63) is 24.5 Å². The predicted molar refractivity (Wildman–Crippen MR) is 48.3 cm³/mol. The maximum absolute atomic E-state index is 12.8. The molecule has 13 heavy (non-hydrogen) atoms. The van der Waals surface area contributed by atoms with Crippen LogP contribution in [-0.2, 0) is 0 Å². The van der Waals surface area contributed by atoms with Gasteiger partial charge in [-0.25, -0.2) is 9.37 Å². The molecule has 1 atom stereocenters. The predicted octanol–water partition coefficient (Wildman–Crippen LogP) is 1.68. The molecule has 1 fully saturated rings. The number of aromatic nitrogens is 2. The van der Waals surface area contributed by atoms with Gasteiger partial charge in [0.15, 0.2) is 6.30 Å². The molecule has 0 amide bonds. The first-order chi connectivity index (χ1) is 6.36. The van der Waals surface area contributed by atoms with Gasteiger partial charge in [0.05, 0.1) is 24.1 Å². The topological polar surface area (TPSA) is 31.7 Å². The minimum Gasteiger partial charge on any atom is -0.345 e. The van der Waals surface area contributed by atoms with Crippen LogP contribution in [0.4, 0.5) is 10.1 Å². The summed E-state index contributed by atoms with van der Waals surface area (Å²) in [6.45, 7) is 0.492. The van der Waals surface area contributed by atoms with E-state index in [1.165, 1.54) is 0 Å². The molecule has 0 saturated carbocycles. The summed E-state index contributed by atoms with van der Waals surface area (Å²) in [5.74, 6) is 0. The average molecular weight is 177 g/mol. The van der Waals surface area contributed by atoms with Crippen LogP contribution in [0.5, 0.6) is 0 Å². The highest BCUT2D eigenvalue weighted by Gasteiger charge is 2.35. The molecule has 1 aliphatic heterocycles. The number of anilines is 1. The van der Waals surface area contributed by atoms with E-state index in [1.54, 1.807) is 11.2 Å². The normalized spacial score (nSPS) is 21.0. The number of halogens is 1. The fraction of sp³-hybridized carbons (Fsp3) is 0.222. The van der Waals surface area contributed by atoms with Crippen molar-refractivity contribution >= 4 is 16.7 Å². The molecule has 3 nitrogen and oxygen atoms in total. The summed E-state index contributed by atoms with van der Waals surface area (Å²) in [7, 11) is 0. The van der Waals surface area contributed by atoms with E-state index < -0.39 is 6.30 Å². The second-order valence-electron chi connectivity index (χ2n) is 3.16. The third-order valence-corrected chi connectivity index (χ3v) is 2.29. The summed E-state index contributed by atoms with van der Waals surface area (Å²) in [6, 6.07) is 5.73. The van der Waals surface area contributed by atoms with Crippen LogP contribution in [-0.4, -0.2) is 22.8 Å². The summed E-state index contributed by atoms with van der Waals surface area (Å²) < 4.78 is 12.8. The van der Waals surface area contributed by atoms with Crippen LogP contribution in [0.3, 0.4) is 0 Å². The maximum atomic E-state index is 12.8. The summed E-state index contributed by atoms with van der Waals surface area (Å²) in [4.78, 5) is 8.83. The van der Waals surface area contributed by atoms with Crippen LogP contribution in [0.2, 0.25) is 0 Å². The zero-order chi connectivity index (χ0) is 8.84. The summed E-state index contributed by atoms with van der Waals surface area (Å²) in [5, 5.41) is 0. The van der Waals surface area contributed by atoms with Gasteiger partial charge in [0.1, 0.15) is 5.52 Å². The Morgan fingerprint density at radius 2 is 2.38 bits per heavy atom. The number of H-pyrrole nitrogens is 1. The Balaban J connectivity index is 2.22. The molecule has 0 bridgehead atoms. The Bertz CT molecular complexity index is 451. The third kappa shape index (κ3) is 0.915. The quantitative estimate of drug-likeness (QED) is 0.530. The zero-order valence-corrected chi connectivity index (χ0v) is 6.87. The van der Waals surface area contributed by atoms with E-state index in [2.05, 4.69) is 9.97 Å². The molecule has 1 unspecified atom stereocenters. The van der Waals surface area contributed by atoms with E-state index in [4.69, 9.17) is 0 Å². The number of nitrogens with one attached hydrogen (secondary N) is 1. The molecule has 0 aliphatic carbocycles. The van der Waals surface area contributed by atoms with Crippen molar-refractivity contribution in [2.24, 2.45) is 0 Å². The van der Waals surface area contributed by atoms with Gasteiger partial charge in [-0.3, -0.25) is 0 Å². The van der Waals surface area contributed by atoms with E-state index in [9.17, 15) is 4.39 Å². The zero-order valence-electron chi connectivity index (χ0n) is 6.87. The van der Waals surface area contributed by atoms with Crippen LogP contribution in [0.15, 0.2) is 24.5 Å². The number of hydrogen-bond donors (Lipinski definition) is 1. The molecule has 2 heterocycles. The number of benzene rings is 1. The molecule has 1 aromatic heterocycles. The average Bonchev–Trinajstić information content (AvgIpc) is 2.66. The van der Waals surface area contributed by atoms with Gasteiger partial charge in [0.25, 0.3) is 0 Å². The molecular formula is C9H8FN3. The Hall–Kier alpha value is -1.58. The number of nitrogens with zero attached hydrogens (tertiary/aromatic N) is 2. The first kappa shape index (κ1) is 6.88. The molecule has 4 heteroatoms. The summed E-state index contributed by atoms with van der Waals surface area (Å²) >= 11 is 0. The van der Waals surface area contributed by atoms with Crippen molar-refractivity contribution < 1.29 is 4.39 Å². The second kappa shape index (κ2) is 2.22. The van der Waals surface area contributed by atoms with E-state index in [1.807, 2.05) is 18.2 Å². The largest absolute Gasteiger partial charge is 0.345 e. The SMILES string of the molecule is FC1CN1c1cccc2[nH]cnc12. The molecule has 66 valence electrons. The highest BCUT2D eigenvalue weighted by Crippen LogP contribution is 2.33. The first-order valence-corrected chi connectivity index (χ1v) is 4.19. The number of rotatable bonds is 1. The van der Waals surface area contributed by atoms with E-state index >= 15 is 0 Å². The van der Waals surface area contributed by atoms with Crippen LogP contribution in [0, 0.1) is 0 Å². The lowest BCUT2D eigenvalue weighted by Crippen LogP contribution is -1.94. The fourth-order valence-corrected chi connectivity index (χ4v) is 1.55. The van der Waals surface area contributed by atoms with Crippen LogP contribution >= 0.6 is 0 Å².